The molecule has 0 spiro atoms. The molecule has 0 unspecified atom stereocenters. The van der Waals surface area contributed by atoms with Crippen LogP contribution < -0.4 is 9.47 Å². The molecule has 1 atom stereocenters. The number of Topliss-reactive ketones (excluding diaryl/α,β-unsaturated/α-hetero) is 1. The third-order valence-electron chi connectivity index (χ3n) is 4.73. The SMILES string of the molecule is COc1ccc(C(O)=C2C(=O)C(=O)N(C)[C@@H]2c2ccc(C)cc2)cc1OC. The molecule has 1 aliphatic rings. The second-order valence-corrected chi connectivity index (χ2v) is 6.39. The van der Waals surface area contributed by atoms with E-state index >= 15 is 0 Å². The van der Waals surface area contributed by atoms with Crippen molar-refractivity contribution in [2.75, 3.05) is 21.3 Å². The van der Waals surface area contributed by atoms with Crippen LogP contribution in [-0.2, 0) is 9.59 Å². The highest BCUT2D eigenvalue weighted by atomic mass is 16.5. The second kappa shape index (κ2) is 7.15. The predicted octanol–water partition coefficient (Wildman–Crippen LogP) is 3.06. The number of ether oxygens (including phenoxy) is 2. The molecule has 6 nitrogen and oxygen atoms in total. The number of nitrogens with zero attached hydrogens (tertiary/aromatic N) is 1. The standard InChI is InChI=1S/C21H21NO5/c1-12-5-7-13(8-6-12)18-17(20(24)21(25)22(18)2)19(23)14-9-10-15(26-3)16(11-14)27-4/h5-11,18,23H,1-4H3/t18-/m1/s1. The molecule has 2 aromatic carbocycles. The molecule has 1 amide bonds. The maximum atomic E-state index is 12.6. The van der Waals surface area contributed by atoms with Crippen LogP contribution in [0.15, 0.2) is 48.0 Å². The number of likely N-dealkylation sites (N-methyl/N-ethyl adjacent to an activating group) is 1. The Hall–Kier alpha value is -3.28. The first-order chi connectivity index (χ1) is 12.9. The van der Waals surface area contributed by atoms with Gasteiger partial charge in [-0.3, -0.25) is 9.59 Å². The smallest absolute Gasteiger partial charge is 0.295 e. The molecule has 1 aliphatic heterocycles. The Balaban J connectivity index is 2.16. The average Bonchev–Trinajstić information content (AvgIpc) is 2.91. The van der Waals surface area contributed by atoms with Gasteiger partial charge < -0.3 is 19.5 Å². The molecule has 1 fully saturated rings. The highest BCUT2D eigenvalue weighted by Gasteiger charge is 2.44. The Bertz CT molecular complexity index is 930. The number of aliphatic hydroxyl groups excluding tert-OH is 1. The number of amides is 1. The van der Waals surface area contributed by atoms with Gasteiger partial charge in [-0.2, -0.15) is 0 Å². The van der Waals surface area contributed by atoms with Gasteiger partial charge in [0.05, 0.1) is 25.8 Å². The van der Waals surface area contributed by atoms with Gasteiger partial charge >= 0.3 is 0 Å². The molecule has 27 heavy (non-hydrogen) atoms. The number of methoxy groups -OCH3 is 2. The van der Waals surface area contributed by atoms with E-state index in [9.17, 15) is 14.7 Å². The molecule has 0 aliphatic carbocycles. The molecule has 0 bridgehead atoms. The van der Waals surface area contributed by atoms with E-state index < -0.39 is 17.7 Å². The lowest BCUT2D eigenvalue weighted by molar-refractivity contribution is -0.139. The molecule has 2 aromatic rings. The maximum Gasteiger partial charge on any atom is 0.295 e. The summed E-state index contributed by atoms with van der Waals surface area (Å²) >= 11 is 0. The van der Waals surface area contributed by atoms with Crippen molar-refractivity contribution in [1.29, 1.82) is 0 Å². The van der Waals surface area contributed by atoms with Gasteiger partial charge in [-0.15, -0.1) is 0 Å². The van der Waals surface area contributed by atoms with Crippen molar-refractivity contribution >= 4 is 17.4 Å². The molecule has 0 aromatic heterocycles. The van der Waals surface area contributed by atoms with Crippen LogP contribution in [-0.4, -0.2) is 43.0 Å². The lowest BCUT2D eigenvalue weighted by Crippen LogP contribution is -2.24. The number of benzene rings is 2. The summed E-state index contributed by atoms with van der Waals surface area (Å²) in [6, 6.07) is 11.7. The van der Waals surface area contributed by atoms with Crippen molar-refractivity contribution < 1.29 is 24.2 Å². The molecule has 0 radical (unpaired) electrons. The van der Waals surface area contributed by atoms with E-state index in [4.69, 9.17) is 9.47 Å². The highest BCUT2D eigenvalue weighted by Crippen LogP contribution is 2.39. The van der Waals surface area contributed by atoms with E-state index in [1.54, 1.807) is 25.2 Å². The normalized spacial score (nSPS) is 18.7. The fraction of sp³-hybridized carbons (Fsp3) is 0.238. The number of carbonyl (C=O) groups excluding carboxylic acids is 2. The number of aryl methyl sites for hydroxylation is 1. The Labute approximate surface area is 157 Å². The van der Waals surface area contributed by atoms with Crippen molar-refractivity contribution in [2.45, 2.75) is 13.0 Å². The van der Waals surface area contributed by atoms with Crippen molar-refractivity contribution in [1.82, 2.24) is 4.90 Å². The molecule has 1 heterocycles. The van der Waals surface area contributed by atoms with E-state index in [0.717, 1.165) is 11.1 Å². The number of hydrogen-bond acceptors (Lipinski definition) is 5. The second-order valence-electron chi connectivity index (χ2n) is 6.39. The fourth-order valence-electron chi connectivity index (χ4n) is 3.23. The van der Waals surface area contributed by atoms with Crippen LogP contribution in [0, 0.1) is 6.92 Å². The number of likely N-dealkylation sites (tertiary alicyclic amines) is 1. The Morgan fingerprint density at radius 1 is 1.00 bits per heavy atom. The van der Waals surface area contributed by atoms with Gasteiger partial charge in [0.15, 0.2) is 11.5 Å². The van der Waals surface area contributed by atoms with Gasteiger partial charge in [0, 0.05) is 12.6 Å². The van der Waals surface area contributed by atoms with Crippen LogP contribution in [0.2, 0.25) is 0 Å². The van der Waals surface area contributed by atoms with Crippen molar-refractivity contribution in [2.24, 2.45) is 0 Å². The van der Waals surface area contributed by atoms with Gasteiger partial charge in [0.1, 0.15) is 5.76 Å². The Morgan fingerprint density at radius 3 is 2.22 bits per heavy atom. The zero-order valence-electron chi connectivity index (χ0n) is 15.6. The summed E-state index contributed by atoms with van der Waals surface area (Å²) in [6.45, 7) is 1.95. The third-order valence-corrected chi connectivity index (χ3v) is 4.73. The molecule has 1 N–H and O–H groups in total. The number of carbonyl (C=O) groups is 2. The number of aliphatic hydroxyl groups is 1. The van der Waals surface area contributed by atoms with Crippen molar-refractivity contribution in [3.8, 4) is 11.5 Å². The van der Waals surface area contributed by atoms with E-state index in [1.165, 1.54) is 19.1 Å². The van der Waals surface area contributed by atoms with Crippen LogP contribution in [0.4, 0.5) is 0 Å². The zero-order chi connectivity index (χ0) is 19.7. The minimum Gasteiger partial charge on any atom is -0.507 e. The molecular formula is C21H21NO5. The predicted molar refractivity (Wildman–Crippen MR) is 101 cm³/mol. The molecular weight excluding hydrogens is 346 g/mol. The Kier molecular flexibility index (Phi) is 4.90. The van der Waals surface area contributed by atoms with E-state index in [2.05, 4.69) is 0 Å². The van der Waals surface area contributed by atoms with Crippen LogP contribution in [0.3, 0.4) is 0 Å². The lowest BCUT2D eigenvalue weighted by Gasteiger charge is -2.21. The number of hydrogen-bond donors (Lipinski definition) is 1. The Morgan fingerprint density at radius 2 is 1.63 bits per heavy atom. The minimum absolute atomic E-state index is 0.0542. The maximum absolute atomic E-state index is 12.6. The topological polar surface area (TPSA) is 76.1 Å². The van der Waals surface area contributed by atoms with Gasteiger partial charge in [-0.1, -0.05) is 29.8 Å². The summed E-state index contributed by atoms with van der Waals surface area (Å²) in [5.41, 5.74) is 2.24. The monoisotopic (exact) mass is 367 g/mol. The molecule has 140 valence electrons. The van der Waals surface area contributed by atoms with Gasteiger partial charge in [0.2, 0.25) is 0 Å². The van der Waals surface area contributed by atoms with Crippen LogP contribution >= 0.6 is 0 Å². The van der Waals surface area contributed by atoms with Gasteiger partial charge in [-0.05, 0) is 30.7 Å². The molecule has 1 saturated heterocycles. The van der Waals surface area contributed by atoms with E-state index in [0.29, 0.717) is 17.1 Å². The van der Waals surface area contributed by atoms with Gasteiger partial charge in [0.25, 0.3) is 11.7 Å². The van der Waals surface area contributed by atoms with Crippen LogP contribution in [0.5, 0.6) is 11.5 Å². The number of rotatable bonds is 4. The minimum atomic E-state index is -0.713. The van der Waals surface area contributed by atoms with Gasteiger partial charge in [-0.25, -0.2) is 0 Å². The van der Waals surface area contributed by atoms with Crippen molar-refractivity contribution in [3.63, 3.8) is 0 Å². The fourth-order valence-corrected chi connectivity index (χ4v) is 3.23. The van der Waals surface area contributed by atoms with E-state index in [-0.39, 0.29) is 11.3 Å². The summed E-state index contributed by atoms with van der Waals surface area (Å²) in [5.74, 6) is -0.693. The summed E-state index contributed by atoms with van der Waals surface area (Å²) in [7, 11) is 4.55. The first-order valence-electron chi connectivity index (χ1n) is 8.42. The first kappa shape index (κ1) is 18.5. The van der Waals surface area contributed by atoms with Crippen LogP contribution in [0.25, 0.3) is 5.76 Å². The number of ketones is 1. The zero-order valence-corrected chi connectivity index (χ0v) is 15.6. The summed E-state index contributed by atoms with van der Waals surface area (Å²) in [6.07, 6.45) is 0. The third kappa shape index (κ3) is 3.14. The summed E-state index contributed by atoms with van der Waals surface area (Å²) in [4.78, 5) is 26.3. The molecule has 6 heteroatoms. The summed E-state index contributed by atoms with van der Waals surface area (Å²) < 4.78 is 10.5. The summed E-state index contributed by atoms with van der Waals surface area (Å²) in [5, 5.41) is 10.9. The quantitative estimate of drug-likeness (QED) is 0.511. The van der Waals surface area contributed by atoms with E-state index in [1.807, 2.05) is 31.2 Å². The first-order valence-corrected chi connectivity index (χ1v) is 8.42. The largest absolute Gasteiger partial charge is 0.507 e. The molecule has 0 saturated carbocycles. The molecule has 3 rings (SSSR count). The lowest BCUT2D eigenvalue weighted by atomic mass is 9.95. The highest BCUT2D eigenvalue weighted by molar-refractivity contribution is 6.46. The van der Waals surface area contributed by atoms with Crippen LogP contribution in [0.1, 0.15) is 22.7 Å². The van der Waals surface area contributed by atoms with Crippen molar-refractivity contribution in [3.05, 3.63) is 64.7 Å². The average molecular weight is 367 g/mol.